The van der Waals surface area contributed by atoms with E-state index in [1.165, 1.54) is 37.7 Å². The average Bonchev–Trinajstić information content (AvgIpc) is 2.93. The van der Waals surface area contributed by atoms with E-state index in [0.717, 1.165) is 41.8 Å². The maximum Gasteiger partial charge on any atom is 0.150 e. The minimum Gasteiger partial charge on any atom is -0.497 e. The maximum absolute atomic E-state index is 11.1. The molecule has 2 rings (SSSR count). The summed E-state index contributed by atoms with van der Waals surface area (Å²) in [7, 11) is 0. The molecule has 0 radical (unpaired) electrons. The van der Waals surface area contributed by atoms with Gasteiger partial charge in [0.1, 0.15) is 12.9 Å². The smallest absolute Gasteiger partial charge is 0.150 e. The zero-order valence-electron chi connectivity index (χ0n) is 16.9. The summed E-state index contributed by atoms with van der Waals surface area (Å²) in [6.07, 6.45) is 22.4. The summed E-state index contributed by atoms with van der Waals surface area (Å²) in [6.45, 7) is 9.28. The highest BCUT2D eigenvalue weighted by Crippen LogP contribution is 2.28. The van der Waals surface area contributed by atoms with Crippen LogP contribution in [-0.2, 0) is 9.53 Å². The van der Waals surface area contributed by atoms with Crippen LogP contribution in [0.3, 0.4) is 0 Å². The lowest BCUT2D eigenvalue weighted by Crippen LogP contribution is -2.08. The summed E-state index contributed by atoms with van der Waals surface area (Å²) in [5, 5.41) is 0. The van der Waals surface area contributed by atoms with E-state index in [-0.39, 0.29) is 0 Å². The molecule has 1 fully saturated rings. The highest BCUT2D eigenvalue weighted by atomic mass is 16.5. The van der Waals surface area contributed by atoms with E-state index in [2.05, 4.69) is 13.2 Å². The number of carbonyl (C=O) groups is 1. The molecule has 150 valence electrons. The number of ether oxygens (including phenoxy) is 1. The Morgan fingerprint density at radius 2 is 2.00 bits per heavy atom. The molecule has 3 nitrogen and oxygen atoms in total. The normalized spacial score (nSPS) is 18.4. The first-order valence-electron chi connectivity index (χ1n) is 10.2. The van der Waals surface area contributed by atoms with Gasteiger partial charge in [0.05, 0.1) is 6.26 Å². The fourth-order valence-corrected chi connectivity index (χ4v) is 3.74. The molecule has 2 aliphatic rings. The van der Waals surface area contributed by atoms with Crippen LogP contribution in [0.25, 0.3) is 0 Å². The highest BCUT2D eigenvalue weighted by Gasteiger charge is 2.14. The number of hydrogen-bond donors (Lipinski definition) is 1. The molecule has 0 amide bonds. The fourth-order valence-electron chi connectivity index (χ4n) is 3.74. The average molecular weight is 380 g/mol. The lowest BCUT2D eigenvalue weighted by atomic mass is 9.85. The van der Waals surface area contributed by atoms with Crippen LogP contribution >= 0.6 is 0 Å². The van der Waals surface area contributed by atoms with Crippen LogP contribution in [0.4, 0.5) is 0 Å². The predicted molar refractivity (Wildman–Crippen MR) is 118 cm³/mol. The molecule has 0 aromatic rings. The van der Waals surface area contributed by atoms with E-state index in [0.29, 0.717) is 18.7 Å². The van der Waals surface area contributed by atoms with Gasteiger partial charge in [-0.2, -0.15) is 0 Å². The van der Waals surface area contributed by atoms with E-state index < -0.39 is 0 Å². The van der Waals surface area contributed by atoms with Crippen LogP contribution < -0.4 is 5.73 Å². The maximum atomic E-state index is 11.1. The van der Waals surface area contributed by atoms with Crippen molar-refractivity contribution >= 4 is 6.29 Å². The van der Waals surface area contributed by atoms with Crippen molar-refractivity contribution < 1.29 is 9.53 Å². The number of allylic oxidation sites excluding steroid dienone is 9. The first kappa shape index (κ1) is 21.9. The monoisotopic (exact) mass is 379 g/mol. The van der Waals surface area contributed by atoms with Crippen molar-refractivity contribution in [1.82, 2.24) is 0 Å². The third kappa shape index (κ3) is 7.32. The van der Waals surface area contributed by atoms with Gasteiger partial charge < -0.3 is 10.5 Å². The van der Waals surface area contributed by atoms with Gasteiger partial charge in [-0.25, -0.2) is 0 Å². The van der Waals surface area contributed by atoms with Crippen molar-refractivity contribution in [3.05, 3.63) is 83.7 Å². The Morgan fingerprint density at radius 3 is 2.71 bits per heavy atom. The highest BCUT2D eigenvalue weighted by molar-refractivity contribution is 5.79. The molecule has 1 saturated carbocycles. The molecular weight excluding hydrogens is 346 g/mol. The molecule has 0 saturated heterocycles. The van der Waals surface area contributed by atoms with Crippen LogP contribution in [0.5, 0.6) is 0 Å². The lowest BCUT2D eigenvalue weighted by molar-refractivity contribution is -0.104. The largest absolute Gasteiger partial charge is 0.497 e. The Morgan fingerprint density at radius 1 is 1.21 bits per heavy atom. The van der Waals surface area contributed by atoms with Gasteiger partial charge in [-0.15, -0.1) is 0 Å². The minimum absolute atomic E-state index is 0.442. The van der Waals surface area contributed by atoms with Crippen LogP contribution in [0, 0.1) is 5.92 Å². The second-order valence-corrected chi connectivity index (χ2v) is 7.57. The summed E-state index contributed by atoms with van der Waals surface area (Å²) in [4.78, 5) is 11.1. The van der Waals surface area contributed by atoms with Gasteiger partial charge in [0, 0.05) is 12.1 Å². The first-order chi connectivity index (χ1) is 13.6. The van der Waals surface area contributed by atoms with Crippen LogP contribution in [0.1, 0.15) is 44.9 Å². The molecular formula is C25H33NO2. The summed E-state index contributed by atoms with van der Waals surface area (Å²) in [6, 6.07) is 0. The molecule has 0 aliphatic heterocycles. The summed E-state index contributed by atoms with van der Waals surface area (Å²) in [5.41, 5.74) is 10.5. The Labute approximate surface area is 169 Å². The fraction of sp³-hybridized carbons (Fsp3) is 0.400. The van der Waals surface area contributed by atoms with E-state index >= 15 is 0 Å². The van der Waals surface area contributed by atoms with Gasteiger partial charge in [-0.05, 0) is 53.2 Å². The molecule has 0 aromatic carbocycles. The van der Waals surface area contributed by atoms with Crippen molar-refractivity contribution in [3.63, 3.8) is 0 Å². The van der Waals surface area contributed by atoms with Gasteiger partial charge in [0.25, 0.3) is 0 Å². The van der Waals surface area contributed by atoms with Crippen molar-refractivity contribution in [1.29, 1.82) is 0 Å². The number of carbonyl (C=O) groups excluding carboxylic acids is 1. The quantitative estimate of drug-likeness (QED) is 0.236. The number of nitrogens with two attached hydrogens (primary N) is 1. The zero-order valence-corrected chi connectivity index (χ0v) is 16.9. The van der Waals surface area contributed by atoms with Gasteiger partial charge in [-0.3, -0.25) is 4.79 Å². The first-order valence-corrected chi connectivity index (χ1v) is 10.2. The van der Waals surface area contributed by atoms with E-state index in [9.17, 15) is 4.79 Å². The van der Waals surface area contributed by atoms with Crippen molar-refractivity contribution in [3.8, 4) is 0 Å². The third-order valence-corrected chi connectivity index (χ3v) is 5.27. The van der Waals surface area contributed by atoms with E-state index in [1.807, 2.05) is 36.5 Å². The predicted octanol–water partition coefficient (Wildman–Crippen LogP) is 5.50. The van der Waals surface area contributed by atoms with Crippen LogP contribution in [0.2, 0.25) is 0 Å². The molecule has 0 atom stereocenters. The Kier molecular flexibility index (Phi) is 9.50. The summed E-state index contributed by atoms with van der Waals surface area (Å²) < 4.78 is 5.60. The van der Waals surface area contributed by atoms with Crippen molar-refractivity contribution in [2.24, 2.45) is 11.7 Å². The molecule has 0 bridgehead atoms. The third-order valence-electron chi connectivity index (χ3n) is 5.27. The molecule has 0 unspecified atom stereocenters. The van der Waals surface area contributed by atoms with Gasteiger partial charge in [0.2, 0.25) is 0 Å². The molecule has 3 heteroatoms. The summed E-state index contributed by atoms with van der Waals surface area (Å²) >= 11 is 0. The topological polar surface area (TPSA) is 52.3 Å². The standard InChI is InChI=1S/C25H33NO2/c1-20(15-22-10-4-3-5-11-22)19-28-14-7-6-9-21(2)25-16-23(18-27)12-8-13-24(25)17-26/h6-9,12,14,16,18,22H,1-5,10-11,13,15,17,19,26H2/b9-6-,14-7+. The zero-order chi connectivity index (χ0) is 20.2. The van der Waals surface area contributed by atoms with Gasteiger partial charge >= 0.3 is 0 Å². The Hall–Kier alpha value is -2.39. The van der Waals surface area contributed by atoms with Gasteiger partial charge in [-0.1, -0.05) is 69.6 Å². The Balaban J connectivity index is 1.80. The summed E-state index contributed by atoms with van der Waals surface area (Å²) in [5.74, 6) is 0.792. The SMILES string of the molecule is C=C(CO/C=C/C=C\C(=C)C1=C(CN)CC=CC(C=O)=C1)CC1CCCCC1. The molecule has 2 N–H and O–H groups in total. The molecule has 0 aromatic heterocycles. The second kappa shape index (κ2) is 12.1. The number of aldehydes is 1. The van der Waals surface area contributed by atoms with Gasteiger partial charge in [0.15, 0.2) is 0 Å². The van der Waals surface area contributed by atoms with Crippen molar-refractivity contribution in [2.75, 3.05) is 13.2 Å². The number of hydrogen-bond acceptors (Lipinski definition) is 3. The van der Waals surface area contributed by atoms with E-state index in [4.69, 9.17) is 10.5 Å². The number of rotatable bonds is 10. The minimum atomic E-state index is 0.442. The van der Waals surface area contributed by atoms with E-state index in [1.54, 1.807) is 6.26 Å². The molecule has 28 heavy (non-hydrogen) atoms. The van der Waals surface area contributed by atoms with Crippen LogP contribution in [-0.4, -0.2) is 19.4 Å². The molecule has 0 spiro atoms. The lowest BCUT2D eigenvalue weighted by Gasteiger charge is -2.22. The second-order valence-electron chi connectivity index (χ2n) is 7.57. The Bertz CT molecular complexity index is 713. The molecule has 2 aliphatic carbocycles. The van der Waals surface area contributed by atoms with Crippen LogP contribution in [0.15, 0.2) is 83.7 Å². The molecule has 0 heterocycles. The van der Waals surface area contributed by atoms with Crippen molar-refractivity contribution in [2.45, 2.75) is 44.9 Å².